The van der Waals surface area contributed by atoms with E-state index in [-0.39, 0.29) is 5.82 Å². The zero-order valence-corrected chi connectivity index (χ0v) is 26.8. The van der Waals surface area contributed by atoms with E-state index in [4.69, 9.17) is 14.2 Å². The Balaban J connectivity index is 1.76. The summed E-state index contributed by atoms with van der Waals surface area (Å²) in [7, 11) is 2.71. The van der Waals surface area contributed by atoms with Crippen LogP contribution in [0, 0.1) is 6.92 Å². The number of anilines is 1. The SMILES string of the molecule is COC1(OC)[C@H](O)[C@@H](CO)O[C@]1(n1cc(C)c(NC(=O)c2ccccc2)nc1=O)C(c1ccccc1)(c1ccccc1)c1ccccc1. The van der Waals surface area contributed by atoms with E-state index in [1.54, 1.807) is 37.3 Å². The molecule has 1 fully saturated rings. The lowest BCUT2D eigenvalue weighted by atomic mass is 9.59. The van der Waals surface area contributed by atoms with E-state index in [0.717, 1.165) is 0 Å². The zero-order chi connectivity index (χ0) is 33.9. The van der Waals surface area contributed by atoms with Crippen LogP contribution in [0.2, 0.25) is 0 Å². The fourth-order valence-electron chi connectivity index (χ4n) is 7.12. The summed E-state index contributed by atoms with van der Waals surface area (Å²) >= 11 is 0. The van der Waals surface area contributed by atoms with Crippen molar-refractivity contribution >= 4 is 11.7 Å². The number of carbonyl (C=O) groups excluding carboxylic acids is 1. The molecule has 0 unspecified atom stereocenters. The van der Waals surface area contributed by atoms with E-state index < -0.39 is 47.3 Å². The Labute approximate surface area is 278 Å². The number of benzene rings is 4. The molecule has 48 heavy (non-hydrogen) atoms. The standard InChI is InChI=1S/C38H37N3O7/c1-26-24-41(35(45)40-33(26)39-34(44)27-16-8-4-9-17-27)38(37(46-2,47-3)32(43)31(25-42)48-38)36(28-18-10-5-11-19-28,29-20-12-6-13-21-29)30-22-14-7-15-23-30/h4-24,31-32,42-43H,25H2,1-3H3,(H,39,40,44,45)/t31-,32-,38-/m1/s1. The van der Waals surface area contributed by atoms with Crippen LogP contribution in [0.5, 0.6) is 0 Å². The monoisotopic (exact) mass is 647 g/mol. The van der Waals surface area contributed by atoms with E-state index in [2.05, 4.69) is 10.3 Å². The summed E-state index contributed by atoms with van der Waals surface area (Å²) < 4.78 is 20.6. The first-order valence-corrected chi connectivity index (χ1v) is 15.5. The molecule has 1 aliphatic rings. The minimum absolute atomic E-state index is 0.0441. The summed E-state index contributed by atoms with van der Waals surface area (Å²) in [4.78, 5) is 32.1. The van der Waals surface area contributed by atoms with Crippen LogP contribution in [0.3, 0.4) is 0 Å². The van der Waals surface area contributed by atoms with Crippen molar-refractivity contribution < 1.29 is 29.2 Å². The van der Waals surface area contributed by atoms with Gasteiger partial charge >= 0.3 is 5.69 Å². The van der Waals surface area contributed by atoms with E-state index in [0.29, 0.717) is 27.8 Å². The number of ether oxygens (including phenoxy) is 3. The van der Waals surface area contributed by atoms with Crippen molar-refractivity contribution in [2.75, 3.05) is 26.1 Å². The molecular weight excluding hydrogens is 610 g/mol. The first-order chi connectivity index (χ1) is 23.3. The lowest BCUT2D eigenvalue weighted by molar-refractivity contribution is -0.339. The maximum Gasteiger partial charge on any atom is 0.352 e. The first-order valence-electron chi connectivity index (χ1n) is 15.5. The van der Waals surface area contributed by atoms with Gasteiger partial charge < -0.3 is 29.7 Å². The maximum absolute atomic E-state index is 14.6. The summed E-state index contributed by atoms with van der Waals surface area (Å²) in [6.07, 6.45) is -1.36. The van der Waals surface area contributed by atoms with Gasteiger partial charge in [0, 0.05) is 31.5 Å². The minimum atomic E-state index is -2.13. The summed E-state index contributed by atoms with van der Waals surface area (Å²) in [5.74, 6) is -2.53. The average Bonchev–Trinajstić information content (AvgIpc) is 3.39. The molecule has 0 spiro atoms. The number of nitrogens with one attached hydrogen (secondary N) is 1. The van der Waals surface area contributed by atoms with Crippen molar-refractivity contribution in [3.05, 3.63) is 166 Å². The van der Waals surface area contributed by atoms with Crippen molar-refractivity contribution in [1.29, 1.82) is 0 Å². The molecule has 6 rings (SSSR count). The molecule has 1 aliphatic heterocycles. The van der Waals surface area contributed by atoms with Crippen LogP contribution in [0.15, 0.2) is 132 Å². The van der Waals surface area contributed by atoms with Crippen LogP contribution in [-0.2, 0) is 25.4 Å². The highest BCUT2D eigenvalue weighted by atomic mass is 16.7. The van der Waals surface area contributed by atoms with Gasteiger partial charge in [-0.15, -0.1) is 0 Å². The Morgan fingerprint density at radius 1 is 0.854 bits per heavy atom. The van der Waals surface area contributed by atoms with Gasteiger partial charge in [-0.2, -0.15) is 4.98 Å². The lowest BCUT2D eigenvalue weighted by Crippen LogP contribution is -2.71. The maximum atomic E-state index is 14.6. The number of carbonyl (C=O) groups is 1. The van der Waals surface area contributed by atoms with Crippen LogP contribution < -0.4 is 11.0 Å². The zero-order valence-electron chi connectivity index (χ0n) is 26.8. The Morgan fingerprint density at radius 3 is 1.75 bits per heavy atom. The molecule has 10 nitrogen and oxygen atoms in total. The predicted octanol–water partition coefficient (Wildman–Crippen LogP) is 4.23. The van der Waals surface area contributed by atoms with Gasteiger partial charge in [-0.1, -0.05) is 109 Å². The van der Waals surface area contributed by atoms with E-state index in [1.807, 2.05) is 91.0 Å². The summed E-state index contributed by atoms with van der Waals surface area (Å²) in [6.45, 7) is 1.07. The molecule has 0 saturated carbocycles. The topological polar surface area (TPSA) is 132 Å². The highest BCUT2D eigenvalue weighted by Gasteiger charge is 2.78. The lowest BCUT2D eigenvalue weighted by Gasteiger charge is -2.55. The third kappa shape index (κ3) is 4.88. The molecule has 1 saturated heterocycles. The van der Waals surface area contributed by atoms with Gasteiger partial charge in [0.15, 0.2) is 0 Å². The van der Waals surface area contributed by atoms with Gasteiger partial charge in [-0.3, -0.25) is 9.36 Å². The van der Waals surface area contributed by atoms with Crippen molar-refractivity contribution in [1.82, 2.24) is 9.55 Å². The number of hydrogen-bond donors (Lipinski definition) is 3. The van der Waals surface area contributed by atoms with Crippen molar-refractivity contribution in [2.45, 2.75) is 36.1 Å². The summed E-state index contributed by atoms with van der Waals surface area (Å²) in [5.41, 5.74) is -1.68. The molecule has 0 radical (unpaired) electrons. The number of amides is 1. The third-order valence-corrected chi connectivity index (χ3v) is 9.17. The van der Waals surface area contributed by atoms with Crippen LogP contribution >= 0.6 is 0 Å². The molecule has 0 bridgehead atoms. The van der Waals surface area contributed by atoms with Crippen molar-refractivity contribution in [3.63, 3.8) is 0 Å². The van der Waals surface area contributed by atoms with Crippen molar-refractivity contribution in [2.24, 2.45) is 0 Å². The number of methoxy groups -OCH3 is 2. The van der Waals surface area contributed by atoms with Gasteiger partial charge in [0.2, 0.25) is 11.5 Å². The van der Waals surface area contributed by atoms with E-state index >= 15 is 0 Å². The van der Waals surface area contributed by atoms with Gasteiger partial charge in [0.05, 0.1) is 12.0 Å². The molecule has 2 heterocycles. The Hall–Kier alpha value is -4.97. The molecule has 0 aliphatic carbocycles. The normalized spacial score (nSPS) is 20.4. The van der Waals surface area contributed by atoms with Crippen LogP contribution in [-0.4, -0.2) is 64.5 Å². The largest absolute Gasteiger partial charge is 0.394 e. The summed E-state index contributed by atoms with van der Waals surface area (Å²) in [5, 5.41) is 25.4. The Bertz CT molecular complexity index is 1820. The number of aromatic nitrogens is 2. The molecular formula is C38H37N3O7. The molecule has 3 N–H and O–H groups in total. The van der Waals surface area contributed by atoms with Crippen LogP contribution in [0.1, 0.15) is 32.6 Å². The number of rotatable bonds is 10. The molecule has 10 heteroatoms. The Kier molecular flexibility index (Phi) is 9.11. The molecule has 1 amide bonds. The predicted molar refractivity (Wildman–Crippen MR) is 180 cm³/mol. The highest BCUT2D eigenvalue weighted by Crippen LogP contribution is 2.61. The second kappa shape index (κ2) is 13.3. The van der Waals surface area contributed by atoms with Gasteiger partial charge in [-0.25, -0.2) is 4.79 Å². The average molecular weight is 648 g/mol. The molecule has 5 aromatic rings. The van der Waals surface area contributed by atoms with E-state index in [1.165, 1.54) is 25.0 Å². The van der Waals surface area contributed by atoms with Crippen LogP contribution in [0.4, 0.5) is 5.82 Å². The number of aliphatic hydroxyl groups excluding tert-OH is 2. The highest BCUT2D eigenvalue weighted by molar-refractivity contribution is 6.04. The van der Waals surface area contributed by atoms with Gasteiger partial charge in [0.25, 0.3) is 5.91 Å². The number of aryl methyl sites for hydroxylation is 1. The Morgan fingerprint density at radius 2 is 1.31 bits per heavy atom. The minimum Gasteiger partial charge on any atom is -0.394 e. The fraction of sp³-hybridized carbons (Fsp3) is 0.237. The molecule has 246 valence electrons. The number of nitrogens with zero attached hydrogens (tertiary/aromatic N) is 2. The van der Waals surface area contributed by atoms with Crippen LogP contribution in [0.25, 0.3) is 0 Å². The van der Waals surface area contributed by atoms with Gasteiger partial charge in [0.1, 0.15) is 18.0 Å². The fourth-order valence-corrected chi connectivity index (χ4v) is 7.12. The molecule has 3 atom stereocenters. The number of aliphatic hydroxyl groups is 2. The van der Waals surface area contributed by atoms with Gasteiger partial charge in [-0.05, 0) is 35.7 Å². The van der Waals surface area contributed by atoms with E-state index in [9.17, 15) is 19.8 Å². The second-order valence-electron chi connectivity index (χ2n) is 11.6. The van der Waals surface area contributed by atoms with Crippen molar-refractivity contribution in [3.8, 4) is 0 Å². The quantitative estimate of drug-likeness (QED) is 0.152. The third-order valence-electron chi connectivity index (χ3n) is 9.17. The number of hydrogen-bond acceptors (Lipinski definition) is 8. The summed E-state index contributed by atoms with van der Waals surface area (Å²) in [6, 6.07) is 36.8. The second-order valence-corrected chi connectivity index (χ2v) is 11.6. The molecule has 4 aromatic carbocycles. The first kappa shape index (κ1) is 33.0. The smallest absolute Gasteiger partial charge is 0.352 e. The molecule has 1 aromatic heterocycles.